The molecule has 0 saturated carbocycles. The van der Waals surface area contributed by atoms with Crippen LogP contribution in [0.15, 0.2) is 76.7 Å². The van der Waals surface area contributed by atoms with Crippen molar-refractivity contribution >= 4 is 22.1 Å². The molecule has 1 N–H and O–H groups in total. The van der Waals surface area contributed by atoms with Gasteiger partial charge in [0.2, 0.25) is 16.8 Å². The average molecular weight is 512 g/mol. The number of sulfonamides is 1. The number of carbonyl (C=O) groups excluding carboxylic acids is 1. The Morgan fingerprint density at radius 3 is 2.50 bits per heavy atom. The van der Waals surface area contributed by atoms with Crippen LogP contribution < -0.4 is 24.4 Å². The van der Waals surface area contributed by atoms with E-state index >= 15 is 0 Å². The van der Waals surface area contributed by atoms with E-state index < -0.39 is 22.5 Å². The number of rotatable bonds is 10. The van der Waals surface area contributed by atoms with Gasteiger partial charge < -0.3 is 18.9 Å². The molecule has 3 aromatic carbocycles. The highest BCUT2D eigenvalue weighted by molar-refractivity contribution is 7.89. The molecule has 4 rings (SSSR count). The number of fused-ring (bicyclic) bond motifs is 1. The van der Waals surface area contributed by atoms with Crippen LogP contribution >= 0.6 is 0 Å². The fourth-order valence-corrected chi connectivity index (χ4v) is 4.91. The summed E-state index contributed by atoms with van der Waals surface area (Å²) in [6.45, 7) is -0.320. The third-order valence-corrected chi connectivity index (χ3v) is 7.10. The summed E-state index contributed by atoms with van der Waals surface area (Å²) in [5, 5.41) is 3.95. The zero-order chi connectivity index (χ0) is 25.5. The lowest BCUT2D eigenvalue weighted by Gasteiger charge is -2.22. The van der Waals surface area contributed by atoms with Crippen LogP contribution in [0.1, 0.15) is 11.1 Å². The third-order valence-electron chi connectivity index (χ3n) is 5.31. The maximum absolute atomic E-state index is 13.5. The van der Waals surface area contributed by atoms with Crippen LogP contribution in [0.2, 0.25) is 0 Å². The van der Waals surface area contributed by atoms with Crippen LogP contribution in [0.3, 0.4) is 0 Å². The van der Waals surface area contributed by atoms with Gasteiger partial charge in [0, 0.05) is 12.6 Å². The molecule has 0 unspecified atom stereocenters. The smallest absolute Gasteiger partial charge is 0.255 e. The Balaban J connectivity index is 1.52. The average Bonchev–Trinajstić information content (AvgIpc) is 3.36. The predicted octanol–water partition coefficient (Wildman–Crippen LogP) is 2.77. The van der Waals surface area contributed by atoms with Gasteiger partial charge in [-0.1, -0.05) is 30.3 Å². The Kier molecular flexibility index (Phi) is 7.71. The number of carbonyl (C=O) groups is 1. The molecule has 1 heterocycles. The van der Waals surface area contributed by atoms with Crippen LogP contribution in [0.5, 0.6) is 23.0 Å². The van der Waals surface area contributed by atoms with Crippen molar-refractivity contribution < 1.29 is 32.2 Å². The predicted molar refractivity (Wildman–Crippen MR) is 132 cm³/mol. The van der Waals surface area contributed by atoms with E-state index in [0.29, 0.717) is 22.8 Å². The fourth-order valence-electron chi connectivity index (χ4n) is 3.51. The summed E-state index contributed by atoms with van der Waals surface area (Å²) in [5.41, 5.74) is 3.79. The minimum Gasteiger partial charge on any atom is -0.493 e. The summed E-state index contributed by atoms with van der Waals surface area (Å²) in [4.78, 5) is 12.7. The molecule has 3 aromatic rings. The Morgan fingerprint density at radius 2 is 1.75 bits per heavy atom. The van der Waals surface area contributed by atoms with E-state index in [0.717, 1.165) is 9.87 Å². The second-order valence-corrected chi connectivity index (χ2v) is 9.62. The molecular weight excluding hydrogens is 486 g/mol. The highest BCUT2D eigenvalue weighted by atomic mass is 32.2. The van der Waals surface area contributed by atoms with Gasteiger partial charge in [-0.05, 0) is 41.5 Å². The summed E-state index contributed by atoms with van der Waals surface area (Å²) in [5.74, 6) is 1.26. The van der Waals surface area contributed by atoms with Crippen LogP contribution in [-0.4, -0.2) is 52.4 Å². The van der Waals surface area contributed by atoms with Crippen molar-refractivity contribution in [1.29, 1.82) is 0 Å². The number of methoxy groups -OCH3 is 2. The van der Waals surface area contributed by atoms with Crippen molar-refractivity contribution in [3.05, 3.63) is 77.9 Å². The number of nitrogens with one attached hydrogen (secondary N) is 1. The van der Waals surface area contributed by atoms with E-state index in [1.807, 2.05) is 6.07 Å². The van der Waals surface area contributed by atoms with Gasteiger partial charge in [-0.15, -0.1) is 0 Å². The molecule has 11 heteroatoms. The van der Waals surface area contributed by atoms with E-state index in [-0.39, 0.29) is 24.0 Å². The molecule has 188 valence electrons. The lowest BCUT2D eigenvalue weighted by atomic mass is 10.2. The monoisotopic (exact) mass is 511 g/mol. The summed E-state index contributed by atoms with van der Waals surface area (Å²) in [7, 11) is -1.20. The molecule has 0 spiro atoms. The van der Waals surface area contributed by atoms with E-state index in [4.69, 9.17) is 18.9 Å². The molecule has 0 atom stereocenters. The molecular formula is C25H25N3O7S. The van der Waals surface area contributed by atoms with E-state index in [9.17, 15) is 13.2 Å². The Bertz CT molecular complexity index is 1360. The van der Waals surface area contributed by atoms with Gasteiger partial charge in [0.25, 0.3) is 5.91 Å². The molecule has 0 aliphatic carbocycles. The molecule has 1 aliphatic heterocycles. The number of hydrogen-bond acceptors (Lipinski definition) is 8. The number of amides is 1. The Labute approximate surface area is 209 Å². The highest BCUT2D eigenvalue weighted by Gasteiger charge is 2.28. The standard InChI is InChI=1S/C25H25N3O7S/c1-32-21-11-9-20(13-23(21)33-2)36(30,31)28(15-18-6-4-3-5-7-18)16-25(29)27-26-14-19-8-10-22-24(12-19)35-17-34-22/h3-14H,15-17H2,1-2H3,(H,27,29). The normalized spacial score (nSPS) is 12.6. The lowest BCUT2D eigenvalue weighted by Crippen LogP contribution is -2.39. The number of hydrazone groups is 1. The number of benzene rings is 3. The number of hydrogen-bond donors (Lipinski definition) is 1. The van der Waals surface area contributed by atoms with Crippen LogP contribution in [0.25, 0.3) is 0 Å². The third kappa shape index (κ3) is 5.75. The van der Waals surface area contributed by atoms with Gasteiger partial charge in [0.15, 0.2) is 23.0 Å². The van der Waals surface area contributed by atoms with Crippen LogP contribution in [0, 0.1) is 0 Å². The molecule has 0 aromatic heterocycles. The van der Waals surface area contributed by atoms with Crippen molar-refractivity contribution in [2.45, 2.75) is 11.4 Å². The molecule has 36 heavy (non-hydrogen) atoms. The first-order chi connectivity index (χ1) is 17.4. The minimum absolute atomic E-state index is 0.0171. The number of nitrogens with zero attached hydrogens (tertiary/aromatic N) is 2. The molecule has 0 radical (unpaired) electrons. The van der Waals surface area contributed by atoms with Gasteiger partial charge in [-0.2, -0.15) is 9.41 Å². The maximum Gasteiger partial charge on any atom is 0.255 e. The maximum atomic E-state index is 13.5. The second kappa shape index (κ2) is 11.1. The van der Waals surface area contributed by atoms with E-state index in [1.54, 1.807) is 42.5 Å². The van der Waals surface area contributed by atoms with Gasteiger partial charge in [0.05, 0.1) is 31.9 Å². The zero-order valence-corrected chi connectivity index (χ0v) is 20.5. The Hall–Kier alpha value is -4.09. The van der Waals surface area contributed by atoms with Gasteiger partial charge >= 0.3 is 0 Å². The number of ether oxygens (including phenoxy) is 4. The van der Waals surface area contributed by atoms with Crippen molar-refractivity contribution in [1.82, 2.24) is 9.73 Å². The van der Waals surface area contributed by atoms with Crippen molar-refractivity contribution in [3.63, 3.8) is 0 Å². The van der Waals surface area contributed by atoms with Gasteiger partial charge in [-0.25, -0.2) is 13.8 Å². The van der Waals surface area contributed by atoms with Crippen LogP contribution in [-0.2, 0) is 21.4 Å². The first-order valence-corrected chi connectivity index (χ1v) is 12.3. The molecule has 1 amide bonds. The zero-order valence-electron chi connectivity index (χ0n) is 19.7. The van der Waals surface area contributed by atoms with Crippen molar-refractivity contribution in [3.8, 4) is 23.0 Å². The van der Waals surface area contributed by atoms with E-state index in [2.05, 4.69) is 10.5 Å². The lowest BCUT2D eigenvalue weighted by molar-refractivity contribution is -0.121. The highest BCUT2D eigenvalue weighted by Crippen LogP contribution is 2.32. The van der Waals surface area contributed by atoms with Gasteiger partial charge in [0.1, 0.15) is 0 Å². The molecule has 0 bridgehead atoms. The summed E-state index contributed by atoms with van der Waals surface area (Å²) < 4.78 is 49.2. The quantitative estimate of drug-likeness (QED) is 0.329. The summed E-state index contributed by atoms with van der Waals surface area (Å²) >= 11 is 0. The summed E-state index contributed by atoms with van der Waals surface area (Å²) in [6.07, 6.45) is 1.43. The minimum atomic E-state index is -4.08. The molecule has 10 nitrogen and oxygen atoms in total. The molecule has 0 saturated heterocycles. The van der Waals surface area contributed by atoms with Crippen molar-refractivity contribution in [2.75, 3.05) is 27.6 Å². The largest absolute Gasteiger partial charge is 0.493 e. The Morgan fingerprint density at radius 1 is 1.00 bits per heavy atom. The summed E-state index contributed by atoms with van der Waals surface area (Å²) in [6, 6.07) is 18.5. The van der Waals surface area contributed by atoms with Crippen molar-refractivity contribution in [2.24, 2.45) is 5.10 Å². The fraction of sp³-hybridized carbons (Fsp3) is 0.200. The first kappa shape index (κ1) is 25.0. The molecule has 0 fully saturated rings. The first-order valence-electron chi connectivity index (χ1n) is 10.9. The topological polar surface area (TPSA) is 116 Å². The van der Waals surface area contributed by atoms with Gasteiger partial charge in [-0.3, -0.25) is 4.79 Å². The molecule has 1 aliphatic rings. The second-order valence-electron chi connectivity index (χ2n) is 7.68. The SMILES string of the molecule is COc1ccc(S(=O)(=O)N(CC(=O)NN=Cc2ccc3c(c2)OCO3)Cc2ccccc2)cc1OC. The van der Waals surface area contributed by atoms with Crippen LogP contribution in [0.4, 0.5) is 0 Å². The van der Waals surface area contributed by atoms with E-state index in [1.165, 1.54) is 38.6 Å².